The molecule has 2 aliphatic heterocycles. The molecular weight excluding hydrogens is 470 g/mol. The summed E-state index contributed by atoms with van der Waals surface area (Å²) in [7, 11) is 3.83. The van der Waals surface area contributed by atoms with Gasteiger partial charge in [0.2, 0.25) is 5.78 Å². The Balaban J connectivity index is 1.44. The van der Waals surface area contributed by atoms with E-state index in [9.17, 15) is 15.0 Å². The molecule has 0 atom stereocenters. The summed E-state index contributed by atoms with van der Waals surface area (Å²) in [5.74, 6) is 0.688. The fourth-order valence-electron chi connectivity index (χ4n) is 5.74. The van der Waals surface area contributed by atoms with Crippen LogP contribution in [-0.2, 0) is 6.54 Å². The summed E-state index contributed by atoms with van der Waals surface area (Å²) in [5, 5.41) is 21.2. The molecule has 2 fully saturated rings. The molecule has 1 saturated carbocycles. The summed E-state index contributed by atoms with van der Waals surface area (Å²) in [6.07, 6.45) is 5.24. The summed E-state index contributed by atoms with van der Waals surface area (Å²) in [6, 6.07) is 8.66. The first-order valence-electron chi connectivity index (χ1n) is 13.0. The van der Waals surface area contributed by atoms with Crippen LogP contribution in [0.3, 0.4) is 0 Å². The van der Waals surface area contributed by atoms with Gasteiger partial charge in [0.05, 0.1) is 7.11 Å². The highest BCUT2D eigenvalue weighted by molar-refractivity contribution is 6.17. The second-order valence-electron chi connectivity index (χ2n) is 10.4. The average molecular weight is 504 g/mol. The van der Waals surface area contributed by atoms with E-state index in [-0.39, 0.29) is 34.4 Å². The maximum Gasteiger partial charge on any atom is 0.235 e. The molecule has 6 rings (SSSR count). The van der Waals surface area contributed by atoms with E-state index in [0.717, 1.165) is 80.4 Å². The van der Waals surface area contributed by atoms with Crippen molar-refractivity contribution in [1.29, 1.82) is 0 Å². The summed E-state index contributed by atoms with van der Waals surface area (Å²) >= 11 is 0. The number of ether oxygens (including phenoxy) is 2. The lowest BCUT2D eigenvalue weighted by Gasteiger charge is -2.33. The topological polar surface area (TPSA) is 87.4 Å². The number of phenols is 2. The molecule has 37 heavy (non-hydrogen) atoms. The van der Waals surface area contributed by atoms with E-state index in [1.54, 1.807) is 7.11 Å². The Bertz CT molecular complexity index is 1400. The first-order chi connectivity index (χ1) is 17.9. The Hall–Kier alpha value is -3.49. The number of likely N-dealkylation sites (N-methyl/N-ethyl adjacent to an activating group) is 1. The number of carbonyl (C=O) groups is 1. The van der Waals surface area contributed by atoms with E-state index in [1.807, 2.05) is 18.2 Å². The lowest BCUT2D eigenvalue weighted by atomic mass is 9.81. The highest BCUT2D eigenvalue weighted by Gasteiger charge is 2.34. The molecule has 0 radical (unpaired) electrons. The number of rotatable bonds is 6. The van der Waals surface area contributed by atoms with Gasteiger partial charge >= 0.3 is 0 Å². The second-order valence-corrected chi connectivity index (χ2v) is 10.4. The molecule has 1 aliphatic carbocycles. The van der Waals surface area contributed by atoms with Gasteiger partial charge in [-0.3, -0.25) is 9.69 Å². The number of allylic oxidation sites excluding steroid dienone is 1. The predicted molar refractivity (Wildman–Crippen MR) is 142 cm³/mol. The van der Waals surface area contributed by atoms with Crippen LogP contribution < -0.4 is 9.47 Å². The van der Waals surface area contributed by atoms with Crippen LogP contribution in [0.1, 0.15) is 46.8 Å². The summed E-state index contributed by atoms with van der Waals surface area (Å²) in [4.78, 5) is 18.1. The van der Waals surface area contributed by atoms with Crippen LogP contribution in [0.25, 0.3) is 17.0 Å². The molecule has 1 saturated heterocycles. The standard InChI is InChI=1S/C29H33N3O5/c1-30-8-10-31(11-9-30)12-13-32-23-7-6-20(36-2)16-21(23)22(28(32)18-4-3-5-18)17-26-29(35)27-24(34)14-19(33)15-25(27)37-26/h6-7,14-18,33-34H,3-5,8-13H2,1-2H3/b26-17-. The molecule has 0 amide bonds. The minimum absolute atomic E-state index is 0.0885. The summed E-state index contributed by atoms with van der Waals surface area (Å²) < 4.78 is 13.9. The van der Waals surface area contributed by atoms with Crippen LogP contribution in [-0.4, -0.2) is 77.2 Å². The molecular formula is C29H33N3O5. The maximum atomic E-state index is 13.2. The van der Waals surface area contributed by atoms with Crippen molar-refractivity contribution >= 4 is 22.8 Å². The van der Waals surface area contributed by atoms with E-state index < -0.39 is 0 Å². The third kappa shape index (κ3) is 4.24. The van der Waals surface area contributed by atoms with Crippen molar-refractivity contribution in [2.75, 3.05) is 46.9 Å². The minimum atomic E-state index is -0.381. The zero-order chi connectivity index (χ0) is 25.7. The molecule has 8 nitrogen and oxygen atoms in total. The van der Waals surface area contributed by atoms with Crippen molar-refractivity contribution in [1.82, 2.24) is 14.4 Å². The highest BCUT2D eigenvalue weighted by Crippen LogP contribution is 2.45. The Labute approximate surface area is 216 Å². The molecule has 194 valence electrons. The summed E-state index contributed by atoms with van der Waals surface area (Å²) in [5.41, 5.74) is 3.41. The number of methoxy groups -OCH3 is 1. The van der Waals surface area contributed by atoms with Crippen molar-refractivity contribution in [2.45, 2.75) is 31.7 Å². The number of benzene rings is 2. The first-order valence-corrected chi connectivity index (χ1v) is 13.0. The van der Waals surface area contributed by atoms with Gasteiger partial charge < -0.3 is 29.2 Å². The fourth-order valence-corrected chi connectivity index (χ4v) is 5.74. The minimum Gasteiger partial charge on any atom is -0.508 e. The van der Waals surface area contributed by atoms with E-state index in [1.165, 1.54) is 18.2 Å². The SMILES string of the molecule is COc1ccc2c(c1)c(/C=C1\Oc3cc(O)cc(O)c3C1=O)c(C1CCC1)n2CCN1CCN(C)CC1. The number of aromatic nitrogens is 1. The molecule has 8 heteroatoms. The van der Waals surface area contributed by atoms with E-state index in [0.29, 0.717) is 5.92 Å². The van der Waals surface area contributed by atoms with Crippen molar-refractivity contribution in [2.24, 2.45) is 0 Å². The third-order valence-electron chi connectivity index (χ3n) is 8.09. The predicted octanol–water partition coefficient (Wildman–Crippen LogP) is 4.19. The van der Waals surface area contributed by atoms with Gasteiger partial charge in [0.1, 0.15) is 28.6 Å². The number of piperazine rings is 1. The maximum absolute atomic E-state index is 13.2. The number of carbonyl (C=O) groups excluding carboxylic acids is 1. The molecule has 1 aromatic heterocycles. The third-order valence-corrected chi connectivity index (χ3v) is 8.09. The van der Waals surface area contributed by atoms with Gasteiger partial charge in [-0.1, -0.05) is 6.42 Å². The lowest BCUT2D eigenvalue weighted by molar-refractivity contribution is 0.101. The zero-order valence-electron chi connectivity index (χ0n) is 21.4. The van der Waals surface area contributed by atoms with Crippen molar-refractivity contribution in [3.63, 3.8) is 0 Å². The molecule has 3 aliphatic rings. The molecule has 3 aromatic rings. The normalized spacial score (nSPS) is 19.8. The van der Waals surface area contributed by atoms with Crippen LogP contribution in [0.5, 0.6) is 23.0 Å². The van der Waals surface area contributed by atoms with Crippen molar-refractivity contribution < 1.29 is 24.5 Å². The van der Waals surface area contributed by atoms with Crippen LogP contribution in [0, 0.1) is 0 Å². The van der Waals surface area contributed by atoms with Gasteiger partial charge in [0, 0.05) is 73.6 Å². The van der Waals surface area contributed by atoms with Crippen LogP contribution in [0.2, 0.25) is 0 Å². The lowest BCUT2D eigenvalue weighted by Crippen LogP contribution is -2.45. The van der Waals surface area contributed by atoms with Gasteiger partial charge in [0.15, 0.2) is 5.76 Å². The number of Topliss-reactive ketones (excluding diaryl/α,β-unsaturated/α-hetero) is 1. The van der Waals surface area contributed by atoms with E-state index in [2.05, 4.69) is 27.5 Å². The van der Waals surface area contributed by atoms with Gasteiger partial charge in [0.25, 0.3) is 0 Å². The monoisotopic (exact) mass is 503 g/mol. The molecule has 2 aromatic carbocycles. The number of phenolic OH excluding ortho intramolecular Hbond substituents is 2. The number of hydrogen-bond donors (Lipinski definition) is 2. The Morgan fingerprint density at radius 1 is 1.08 bits per heavy atom. The number of aromatic hydroxyl groups is 2. The van der Waals surface area contributed by atoms with Gasteiger partial charge in [-0.2, -0.15) is 0 Å². The molecule has 0 spiro atoms. The Morgan fingerprint density at radius 3 is 2.57 bits per heavy atom. The Morgan fingerprint density at radius 2 is 1.86 bits per heavy atom. The zero-order valence-corrected chi connectivity index (χ0v) is 21.4. The first kappa shape index (κ1) is 23.9. The quantitative estimate of drug-likeness (QED) is 0.488. The number of hydrogen-bond acceptors (Lipinski definition) is 7. The largest absolute Gasteiger partial charge is 0.508 e. The smallest absolute Gasteiger partial charge is 0.235 e. The van der Waals surface area contributed by atoms with Crippen LogP contribution >= 0.6 is 0 Å². The van der Waals surface area contributed by atoms with Gasteiger partial charge in [-0.25, -0.2) is 0 Å². The second kappa shape index (κ2) is 9.43. The van der Waals surface area contributed by atoms with E-state index in [4.69, 9.17) is 9.47 Å². The number of fused-ring (bicyclic) bond motifs is 2. The number of nitrogens with zero attached hydrogens (tertiary/aromatic N) is 3. The molecule has 3 heterocycles. The van der Waals surface area contributed by atoms with Crippen LogP contribution in [0.4, 0.5) is 0 Å². The van der Waals surface area contributed by atoms with E-state index >= 15 is 0 Å². The number of ketones is 1. The molecule has 2 N–H and O–H groups in total. The van der Waals surface area contributed by atoms with Crippen molar-refractivity contribution in [3.8, 4) is 23.0 Å². The molecule has 0 bridgehead atoms. The Kier molecular flexibility index (Phi) is 6.09. The van der Waals surface area contributed by atoms with Crippen molar-refractivity contribution in [3.05, 3.63) is 52.9 Å². The summed E-state index contributed by atoms with van der Waals surface area (Å²) in [6.45, 7) is 6.13. The molecule has 0 unspecified atom stereocenters. The highest BCUT2D eigenvalue weighted by atomic mass is 16.5. The average Bonchev–Trinajstić information content (AvgIpc) is 3.31. The fraction of sp³-hybridized carbons (Fsp3) is 0.414. The van der Waals surface area contributed by atoms with Gasteiger partial charge in [-0.05, 0) is 50.1 Å². The van der Waals surface area contributed by atoms with Gasteiger partial charge in [-0.15, -0.1) is 0 Å². The van der Waals surface area contributed by atoms with Crippen LogP contribution in [0.15, 0.2) is 36.1 Å².